The summed E-state index contributed by atoms with van der Waals surface area (Å²) in [4.78, 5) is 24.7. The zero-order valence-electron chi connectivity index (χ0n) is 22.5. The van der Waals surface area contributed by atoms with Crippen LogP contribution in [-0.4, -0.2) is 23.3 Å². The van der Waals surface area contributed by atoms with Gasteiger partial charge in [0.15, 0.2) is 0 Å². The highest BCUT2D eigenvalue weighted by Gasteiger charge is 2.76. The molecular weight excluding hydrogens is 424 g/mol. The highest BCUT2D eigenvalue weighted by molar-refractivity contribution is 5.66. The van der Waals surface area contributed by atoms with Gasteiger partial charge in [0, 0.05) is 30.6 Å². The van der Waals surface area contributed by atoms with Gasteiger partial charge in [0.25, 0.3) is 0 Å². The molecule has 0 radical (unpaired) electrons. The van der Waals surface area contributed by atoms with Crippen molar-refractivity contribution in [1.82, 2.24) is 0 Å². The molecule has 6 fully saturated rings. The molecule has 0 aromatic rings. The molecule has 10 atom stereocenters. The minimum atomic E-state index is -0.310. The largest absolute Gasteiger partial charge is 0.462 e. The topological polar surface area (TPSA) is 44.8 Å². The van der Waals surface area contributed by atoms with Crippen LogP contribution in [0.15, 0.2) is 0 Å². The van der Waals surface area contributed by atoms with E-state index in [1.165, 1.54) is 32.6 Å². The van der Waals surface area contributed by atoms with E-state index >= 15 is 0 Å². The second-order valence-electron chi connectivity index (χ2n) is 13.5. The number of hydrogen-bond donors (Lipinski definition) is 0. The summed E-state index contributed by atoms with van der Waals surface area (Å²) in [5.41, 5.74) is -0.116. The Morgan fingerprint density at radius 2 is 1.68 bits per heavy atom. The van der Waals surface area contributed by atoms with Crippen LogP contribution >= 0.6 is 0 Å². The van der Waals surface area contributed by atoms with E-state index in [1.54, 1.807) is 0 Å². The summed E-state index contributed by atoms with van der Waals surface area (Å²) >= 11 is 0. The maximum atomic E-state index is 11.6. The van der Waals surface area contributed by atoms with Gasteiger partial charge in [-0.05, 0) is 80.5 Å². The minimum Gasteiger partial charge on any atom is -0.462 e. The summed E-state index contributed by atoms with van der Waals surface area (Å²) in [7, 11) is 0. The van der Waals surface area contributed by atoms with Gasteiger partial charge in [0.2, 0.25) is 0 Å². The van der Waals surface area contributed by atoms with Crippen LogP contribution in [0.4, 0.5) is 0 Å². The molecule has 0 aromatic carbocycles. The lowest BCUT2D eigenvalue weighted by atomic mass is 9.40. The van der Waals surface area contributed by atoms with E-state index < -0.39 is 0 Å². The highest BCUT2D eigenvalue weighted by Crippen LogP contribution is 2.74. The van der Waals surface area contributed by atoms with Crippen LogP contribution in [0.5, 0.6) is 0 Å². The molecule has 4 saturated carbocycles. The molecule has 0 amide bonds. The lowest BCUT2D eigenvalue weighted by Gasteiger charge is -2.72. The molecule has 6 rings (SSSR count). The van der Waals surface area contributed by atoms with E-state index in [1.807, 2.05) is 0 Å². The van der Waals surface area contributed by atoms with E-state index in [0.29, 0.717) is 35.5 Å². The zero-order chi connectivity index (χ0) is 24.5. The summed E-state index contributed by atoms with van der Waals surface area (Å²) in [5, 5.41) is 0. The van der Waals surface area contributed by atoms with Crippen LogP contribution in [-0.2, 0) is 19.3 Å². The molecular formula is C30H46O4. The number of carbonyl (C=O) groups excluding carboxylic acids is 1. The molecule has 34 heavy (non-hydrogen) atoms. The molecule has 2 aliphatic heterocycles. The summed E-state index contributed by atoms with van der Waals surface area (Å²) in [6.45, 7) is 15.7. The van der Waals surface area contributed by atoms with Crippen molar-refractivity contribution in [1.29, 1.82) is 0 Å². The third-order valence-corrected chi connectivity index (χ3v) is 11.7. The summed E-state index contributed by atoms with van der Waals surface area (Å²) in [6.07, 6.45) is 9.80. The maximum absolute atomic E-state index is 11.6. The predicted molar refractivity (Wildman–Crippen MR) is 132 cm³/mol. The lowest BCUT2D eigenvalue weighted by molar-refractivity contribution is -0.536. The first-order valence-corrected chi connectivity index (χ1v) is 14.0. The molecule has 190 valence electrons. The molecule has 6 unspecified atom stereocenters. The second kappa shape index (κ2) is 8.24. The number of ether oxygens (including phenoxy) is 1. The van der Waals surface area contributed by atoms with Crippen LogP contribution in [0.3, 0.4) is 0 Å². The highest BCUT2D eigenvalue weighted by atomic mass is 17.2. The predicted octanol–water partition coefficient (Wildman–Crippen LogP) is 6.72. The molecule has 4 heteroatoms. The molecule has 2 saturated heterocycles. The molecule has 0 aromatic heterocycles. The Kier molecular flexibility index (Phi) is 5.97. The fourth-order valence-electron chi connectivity index (χ4n) is 9.42. The van der Waals surface area contributed by atoms with E-state index in [9.17, 15) is 4.79 Å². The van der Waals surface area contributed by atoms with Gasteiger partial charge in [-0.25, -0.2) is 9.78 Å². The summed E-state index contributed by atoms with van der Waals surface area (Å²) < 4.78 is 5.66. The van der Waals surface area contributed by atoms with Gasteiger partial charge in [0.05, 0.1) is 0 Å². The van der Waals surface area contributed by atoms with Crippen molar-refractivity contribution in [2.24, 2.45) is 46.3 Å². The van der Waals surface area contributed by atoms with Gasteiger partial charge in [-0.15, -0.1) is 0 Å². The third kappa shape index (κ3) is 3.36. The van der Waals surface area contributed by atoms with Crippen LogP contribution < -0.4 is 0 Å². The van der Waals surface area contributed by atoms with Crippen molar-refractivity contribution < 1.29 is 19.3 Å². The van der Waals surface area contributed by atoms with E-state index in [-0.39, 0.29) is 34.1 Å². The minimum absolute atomic E-state index is 0.0443. The van der Waals surface area contributed by atoms with Gasteiger partial charge in [-0.3, -0.25) is 4.79 Å². The van der Waals surface area contributed by atoms with Gasteiger partial charge < -0.3 is 4.74 Å². The van der Waals surface area contributed by atoms with Crippen molar-refractivity contribution in [3.05, 3.63) is 0 Å². The number of hydrogen-bond acceptors (Lipinski definition) is 4. The van der Waals surface area contributed by atoms with Gasteiger partial charge in [0.1, 0.15) is 17.3 Å². The first-order valence-electron chi connectivity index (χ1n) is 14.0. The lowest BCUT2D eigenvalue weighted by Crippen LogP contribution is -2.75. The maximum Gasteiger partial charge on any atom is 0.302 e. The number of esters is 1. The molecule has 6 aliphatic rings. The SMILES string of the molecule is CC(=O)OC1CCC2(C)C3CCC4(C)C([C@H](C)C#C[C@H](C)C(C)C)CCC4[C@@]34CC[C@]2(C1)OO4. The van der Waals surface area contributed by atoms with Crippen molar-refractivity contribution in [2.45, 2.75) is 124 Å². The quantitative estimate of drug-likeness (QED) is 0.261. The van der Waals surface area contributed by atoms with Gasteiger partial charge in [-0.1, -0.05) is 53.4 Å². The fourth-order valence-corrected chi connectivity index (χ4v) is 9.42. The molecule has 0 N–H and O–H groups in total. The average Bonchev–Trinajstić information content (AvgIpc) is 3.14. The van der Waals surface area contributed by atoms with E-state index in [2.05, 4.69) is 53.4 Å². The Labute approximate surface area is 207 Å². The second-order valence-corrected chi connectivity index (χ2v) is 13.5. The average molecular weight is 471 g/mol. The van der Waals surface area contributed by atoms with Crippen LogP contribution in [0.25, 0.3) is 0 Å². The van der Waals surface area contributed by atoms with Crippen LogP contribution in [0.1, 0.15) is 106 Å². The number of rotatable bonds is 3. The molecule has 4 aliphatic carbocycles. The van der Waals surface area contributed by atoms with Crippen molar-refractivity contribution >= 4 is 5.97 Å². The Bertz CT molecular complexity index is 874. The van der Waals surface area contributed by atoms with Crippen molar-refractivity contribution in [3.63, 3.8) is 0 Å². The van der Waals surface area contributed by atoms with Crippen LogP contribution in [0.2, 0.25) is 0 Å². The first kappa shape index (κ1) is 24.6. The van der Waals surface area contributed by atoms with E-state index in [4.69, 9.17) is 14.5 Å². The fraction of sp³-hybridized carbons (Fsp3) is 0.900. The molecule has 2 spiro atoms. The molecule has 2 bridgehead atoms. The van der Waals surface area contributed by atoms with Crippen molar-refractivity contribution in [2.75, 3.05) is 0 Å². The summed E-state index contributed by atoms with van der Waals surface area (Å²) in [6, 6.07) is 0. The number of fused-ring (bicyclic) bond motifs is 3. The number of carbonyl (C=O) groups is 1. The Hall–Kier alpha value is -1.05. The third-order valence-electron chi connectivity index (χ3n) is 11.7. The molecule has 4 nitrogen and oxygen atoms in total. The Morgan fingerprint density at radius 3 is 2.32 bits per heavy atom. The van der Waals surface area contributed by atoms with Gasteiger partial charge in [-0.2, -0.15) is 0 Å². The Balaban J connectivity index is 1.40. The monoisotopic (exact) mass is 470 g/mol. The van der Waals surface area contributed by atoms with Crippen molar-refractivity contribution in [3.8, 4) is 11.8 Å². The zero-order valence-corrected chi connectivity index (χ0v) is 22.5. The van der Waals surface area contributed by atoms with Gasteiger partial charge >= 0.3 is 5.97 Å². The normalized spacial score (nSPS) is 48.7. The first-order chi connectivity index (χ1) is 16.0. The summed E-state index contributed by atoms with van der Waals surface area (Å²) in [5.74, 6) is 10.3. The smallest absolute Gasteiger partial charge is 0.302 e. The Morgan fingerprint density at radius 1 is 0.912 bits per heavy atom. The molecule has 2 heterocycles. The standard InChI is InChI=1S/C30H46O4/c1-19(2)20(3)8-9-21(4)24-10-11-25-27(24,6)14-13-26-28(7)15-12-23(32-22(5)31)18-29(28)16-17-30(25,26)34-33-29/h19-21,23-26H,10-18H2,1-7H3/t20-,21+,23?,24?,25?,26?,27?,28?,29+,30-/m0/s1. The van der Waals surface area contributed by atoms with E-state index in [0.717, 1.165) is 32.1 Å². The van der Waals surface area contributed by atoms with Crippen LogP contribution in [0, 0.1) is 58.2 Å².